The Bertz CT molecular complexity index is 667. The molecule has 0 aliphatic rings. The Balaban J connectivity index is 1.96. The number of rotatable bonds is 4. The van der Waals surface area contributed by atoms with Crippen molar-refractivity contribution < 1.29 is 4.79 Å². The molecule has 0 saturated heterocycles. The molecule has 0 unspecified atom stereocenters. The normalized spacial score (nSPS) is 10.6. The molecule has 0 spiro atoms. The van der Waals surface area contributed by atoms with Gasteiger partial charge in [-0.3, -0.25) is 9.59 Å². The van der Waals surface area contributed by atoms with E-state index >= 15 is 0 Å². The monoisotopic (exact) mass is 275 g/mol. The van der Waals surface area contributed by atoms with E-state index < -0.39 is 0 Å². The summed E-state index contributed by atoms with van der Waals surface area (Å²) in [4.78, 5) is 34.2. The van der Waals surface area contributed by atoms with Gasteiger partial charge in [0.05, 0.1) is 12.0 Å². The lowest BCUT2D eigenvalue weighted by molar-refractivity contribution is 0.0945. The Morgan fingerprint density at radius 1 is 1.45 bits per heavy atom. The largest absolute Gasteiger partial charge is 0.350 e. The van der Waals surface area contributed by atoms with Gasteiger partial charge in [-0.2, -0.15) is 0 Å². The molecule has 1 amide bonds. The second-order valence-corrected chi connectivity index (χ2v) is 4.63. The zero-order chi connectivity index (χ0) is 14.7. The summed E-state index contributed by atoms with van der Waals surface area (Å²) in [6, 6.07) is 1.43. The van der Waals surface area contributed by atoms with E-state index in [1.165, 1.54) is 6.07 Å². The molecule has 2 aromatic rings. The van der Waals surface area contributed by atoms with Gasteiger partial charge in [-0.05, 0) is 13.8 Å². The van der Waals surface area contributed by atoms with Crippen molar-refractivity contribution in [2.24, 2.45) is 7.05 Å². The van der Waals surface area contributed by atoms with E-state index in [4.69, 9.17) is 0 Å². The summed E-state index contributed by atoms with van der Waals surface area (Å²) >= 11 is 0. The Morgan fingerprint density at radius 3 is 2.80 bits per heavy atom. The first-order chi connectivity index (χ1) is 9.47. The highest BCUT2D eigenvalue weighted by atomic mass is 16.2. The van der Waals surface area contributed by atoms with Crippen LogP contribution in [0.3, 0.4) is 0 Å². The third kappa shape index (κ3) is 3.11. The number of carbonyl (C=O) groups is 1. The van der Waals surface area contributed by atoms with Crippen LogP contribution in [-0.4, -0.2) is 32.0 Å². The number of carbonyl (C=O) groups excluding carboxylic acids is 1. The van der Waals surface area contributed by atoms with Crippen molar-refractivity contribution in [1.82, 2.24) is 24.8 Å². The van der Waals surface area contributed by atoms with Crippen molar-refractivity contribution >= 4 is 5.91 Å². The van der Waals surface area contributed by atoms with E-state index in [0.29, 0.717) is 35.9 Å². The lowest BCUT2D eigenvalue weighted by atomic mass is 10.3. The van der Waals surface area contributed by atoms with Crippen LogP contribution in [0.4, 0.5) is 0 Å². The summed E-state index contributed by atoms with van der Waals surface area (Å²) in [6.07, 6.45) is 2.07. The highest BCUT2D eigenvalue weighted by Crippen LogP contribution is 2.03. The molecule has 7 heteroatoms. The van der Waals surface area contributed by atoms with Crippen LogP contribution in [0, 0.1) is 13.8 Å². The van der Waals surface area contributed by atoms with Crippen molar-refractivity contribution in [2.75, 3.05) is 6.54 Å². The summed E-state index contributed by atoms with van der Waals surface area (Å²) in [7, 11) is 1.77. The van der Waals surface area contributed by atoms with Gasteiger partial charge in [0.1, 0.15) is 11.5 Å². The fourth-order valence-corrected chi connectivity index (χ4v) is 2.01. The Morgan fingerprint density at radius 2 is 2.20 bits per heavy atom. The van der Waals surface area contributed by atoms with Crippen LogP contribution in [0.15, 0.2) is 17.2 Å². The van der Waals surface area contributed by atoms with Crippen LogP contribution in [0.25, 0.3) is 0 Å². The van der Waals surface area contributed by atoms with Gasteiger partial charge in [-0.15, -0.1) is 0 Å². The molecule has 0 aromatic carbocycles. The minimum absolute atomic E-state index is 0.179. The van der Waals surface area contributed by atoms with E-state index in [0.717, 1.165) is 0 Å². The highest BCUT2D eigenvalue weighted by Gasteiger charge is 2.13. The van der Waals surface area contributed by atoms with Gasteiger partial charge < -0.3 is 14.9 Å². The quantitative estimate of drug-likeness (QED) is 0.827. The molecule has 0 saturated carbocycles. The molecule has 7 nitrogen and oxygen atoms in total. The van der Waals surface area contributed by atoms with Gasteiger partial charge in [0.25, 0.3) is 11.5 Å². The smallest absolute Gasteiger partial charge is 0.269 e. The standard InChI is InChI=1S/C13H17N5O2/c1-8-6-11(19)17-10(16-8)4-5-14-13(20)12-9(2)15-7-18(12)3/h6-7H,4-5H2,1-3H3,(H,14,20)(H,16,17,19). The number of nitrogens with one attached hydrogen (secondary N) is 2. The van der Waals surface area contributed by atoms with E-state index in [1.807, 2.05) is 0 Å². The molecule has 2 rings (SSSR count). The zero-order valence-corrected chi connectivity index (χ0v) is 11.7. The Hall–Kier alpha value is -2.44. The number of hydrogen-bond acceptors (Lipinski definition) is 4. The van der Waals surface area contributed by atoms with Crippen LogP contribution in [0.2, 0.25) is 0 Å². The number of aromatic nitrogens is 4. The maximum Gasteiger partial charge on any atom is 0.269 e. The van der Waals surface area contributed by atoms with Gasteiger partial charge in [0, 0.05) is 31.8 Å². The van der Waals surface area contributed by atoms with Crippen molar-refractivity contribution in [1.29, 1.82) is 0 Å². The van der Waals surface area contributed by atoms with Gasteiger partial charge >= 0.3 is 0 Å². The number of aryl methyl sites for hydroxylation is 3. The minimum Gasteiger partial charge on any atom is -0.350 e. The first-order valence-electron chi connectivity index (χ1n) is 6.30. The second-order valence-electron chi connectivity index (χ2n) is 4.63. The fourth-order valence-electron chi connectivity index (χ4n) is 2.01. The third-order valence-electron chi connectivity index (χ3n) is 2.90. The average molecular weight is 275 g/mol. The molecular formula is C13H17N5O2. The number of imidazole rings is 1. The number of nitrogens with zero attached hydrogens (tertiary/aromatic N) is 3. The fraction of sp³-hybridized carbons (Fsp3) is 0.385. The van der Waals surface area contributed by atoms with Crippen LogP contribution < -0.4 is 10.9 Å². The number of amides is 1. The first kappa shape index (κ1) is 14.0. The van der Waals surface area contributed by atoms with Gasteiger partial charge in [-0.25, -0.2) is 9.97 Å². The molecule has 0 fully saturated rings. The molecule has 2 aromatic heterocycles. The maximum absolute atomic E-state index is 12.0. The van der Waals surface area contributed by atoms with Crippen molar-refractivity contribution in [3.05, 3.63) is 45.7 Å². The lowest BCUT2D eigenvalue weighted by Gasteiger charge is -2.06. The molecular weight excluding hydrogens is 258 g/mol. The third-order valence-corrected chi connectivity index (χ3v) is 2.90. The molecule has 0 aliphatic heterocycles. The van der Waals surface area contributed by atoms with Gasteiger partial charge in [-0.1, -0.05) is 0 Å². The van der Waals surface area contributed by atoms with Crippen LogP contribution >= 0.6 is 0 Å². The molecule has 2 N–H and O–H groups in total. The number of hydrogen-bond donors (Lipinski definition) is 2. The van der Waals surface area contributed by atoms with Crippen LogP contribution in [0.1, 0.15) is 27.7 Å². The summed E-state index contributed by atoms with van der Waals surface area (Å²) in [5.74, 6) is 0.384. The Kier molecular flexibility index (Phi) is 3.97. The summed E-state index contributed by atoms with van der Waals surface area (Å²) in [5, 5.41) is 2.79. The predicted molar refractivity (Wildman–Crippen MR) is 73.6 cm³/mol. The van der Waals surface area contributed by atoms with E-state index in [-0.39, 0.29) is 11.5 Å². The molecule has 0 aliphatic carbocycles. The van der Waals surface area contributed by atoms with E-state index in [9.17, 15) is 9.59 Å². The second kappa shape index (κ2) is 5.68. The van der Waals surface area contributed by atoms with Gasteiger partial charge in [0.2, 0.25) is 0 Å². The van der Waals surface area contributed by atoms with E-state index in [2.05, 4.69) is 20.3 Å². The highest BCUT2D eigenvalue weighted by molar-refractivity contribution is 5.93. The van der Waals surface area contributed by atoms with Crippen molar-refractivity contribution in [3.63, 3.8) is 0 Å². The molecule has 0 radical (unpaired) electrons. The minimum atomic E-state index is -0.183. The summed E-state index contributed by atoms with van der Waals surface area (Å²) < 4.78 is 1.68. The van der Waals surface area contributed by atoms with Crippen LogP contribution in [-0.2, 0) is 13.5 Å². The molecule has 20 heavy (non-hydrogen) atoms. The van der Waals surface area contributed by atoms with Crippen LogP contribution in [0.5, 0.6) is 0 Å². The summed E-state index contributed by atoms with van der Waals surface area (Å²) in [5.41, 5.74) is 1.71. The molecule has 2 heterocycles. The lowest BCUT2D eigenvalue weighted by Crippen LogP contribution is -2.29. The Labute approximate surface area is 116 Å². The SMILES string of the molecule is Cc1cc(=O)[nH]c(CCNC(=O)c2c(C)ncn2C)n1. The molecule has 0 bridgehead atoms. The number of H-pyrrole nitrogens is 1. The molecule has 0 atom stereocenters. The number of aromatic amines is 1. The molecule has 106 valence electrons. The zero-order valence-electron chi connectivity index (χ0n) is 11.7. The van der Waals surface area contributed by atoms with Crippen molar-refractivity contribution in [3.8, 4) is 0 Å². The predicted octanol–water partition coefficient (Wildman–Crippen LogP) is 0.0927. The van der Waals surface area contributed by atoms with Crippen molar-refractivity contribution in [2.45, 2.75) is 20.3 Å². The maximum atomic E-state index is 12.0. The topological polar surface area (TPSA) is 92.7 Å². The van der Waals surface area contributed by atoms with E-state index in [1.54, 1.807) is 31.8 Å². The first-order valence-corrected chi connectivity index (χ1v) is 6.30. The van der Waals surface area contributed by atoms with Gasteiger partial charge in [0.15, 0.2) is 0 Å². The average Bonchev–Trinajstić information content (AvgIpc) is 2.67. The summed E-state index contributed by atoms with van der Waals surface area (Å²) in [6.45, 7) is 3.95.